The number of anilines is 1. The summed E-state index contributed by atoms with van der Waals surface area (Å²) in [7, 11) is 0. The fraction of sp³-hybridized carbons (Fsp3) is 0.600. The van der Waals surface area contributed by atoms with Crippen LogP contribution in [0.3, 0.4) is 0 Å². The maximum absolute atomic E-state index is 12.7. The third kappa shape index (κ3) is 5.03. The highest BCUT2D eigenvalue weighted by atomic mass is 35.5. The number of halogens is 1. The zero-order chi connectivity index (χ0) is 19.4. The number of hydrogen-bond acceptors (Lipinski definition) is 5. The number of rotatable bonds is 4. The third-order valence-electron chi connectivity index (χ3n) is 5.42. The van der Waals surface area contributed by atoms with Crippen molar-refractivity contribution >= 4 is 29.9 Å². The van der Waals surface area contributed by atoms with Crippen LogP contribution >= 0.6 is 12.4 Å². The van der Waals surface area contributed by atoms with Crippen LogP contribution in [-0.2, 0) is 14.3 Å². The molecule has 0 saturated carbocycles. The van der Waals surface area contributed by atoms with E-state index in [9.17, 15) is 9.59 Å². The first kappa shape index (κ1) is 22.6. The SMILES string of the molecule is CC1CN(C(=O)c2ccc(NC(=O)C3(CN)CCOCC3)cc2)CC(C)O1.Cl. The summed E-state index contributed by atoms with van der Waals surface area (Å²) in [5.41, 5.74) is 6.58. The van der Waals surface area contributed by atoms with E-state index < -0.39 is 5.41 Å². The average Bonchev–Trinajstić information content (AvgIpc) is 2.67. The van der Waals surface area contributed by atoms with E-state index in [4.69, 9.17) is 15.2 Å². The van der Waals surface area contributed by atoms with Gasteiger partial charge in [-0.25, -0.2) is 0 Å². The minimum Gasteiger partial charge on any atom is -0.381 e. The van der Waals surface area contributed by atoms with E-state index >= 15 is 0 Å². The summed E-state index contributed by atoms with van der Waals surface area (Å²) in [5, 5.41) is 2.94. The van der Waals surface area contributed by atoms with Gasteiger partial charge in [-0.15, -0.1) is 12.4 Å². The molecule has 0 spiro atoms. The van der Waals surface area contributed by atoms with Crippen molar-refractivity contribution in [2.75, 3.05) is 38.2 Å². The molecule has 2 fully saturated rings. The quantitative estimate of drug-likeness (QED) is 0.790. The summed E-state index contributed by atoms with van der Waals surface area (Å²) < 4.78 is 11.0. The van der Waals surface area contributed by atoms with Crippen LogP contribution in [0.2, 0.25) is 0 Å². The van der Waals surface area contributed by atoms with Gasteiger partial charge in [-0.3, -0.25) is 9.59 Å². The van der Waals surface area contributed by atoms with Gasteiger partial charge >= 0.3 is 0 Å². The maximum Gasteiger partial charge on any atom is 0.254 e. The second-order valence-corrected chi connectivity index (χ2v) is 7.60. The standard InChI is InChI=1S/C20H29N3O4.ClH/c1-14-11-23(12-15(2)27-14)18(24)16-3-5-17(6-4-16)22-19(25)20(13-21)7-9-26-10-8-20;/h3-6,14-15H,7-13,21H2,1-2H3,(H,22,25);1H. The van der Waals surface area contributed by atoms with Gasteiger partial charge in [0, 0.05) is 44.1 Å². The van der Waals surface area contributed by atoms with Gasteiger partial charge in [0.15, 0.2) is 0 Å². The molecule has 0 aromatic heterocycles. The molecule has 1 aromatic carbocycles. The molecule has 2 atom stereocenters. The van der Waals surface area contributed by atoms with Crippen LogP contribution in [0.1, 0.15) is 37.0 Å². The van der Waals surface area contributed by atoms with Crippen molar-refractivity contribution in [3.63, 3.8) is 0 Å². The van der Waals surface area contributed by atoms with E-state index in [1.807, 2.05) is 18.7 Å². The van der Waals surface area contributed by atoms with Crippen molar-refractivity contribution in [1.82, 2.24) is 4.90 Å². The number of nitrogens with zero attached hydrogens (tertiary/aromatic N) is 1. The summed E-state index contributed by atoms with van der Waals surface area (Å²) in [6.45, 7) is 6.51. The Bertz CT molecular complexity index is 667. The molecular weight excluding hydrogens is 382 g/mol. The van der Waals surface area contributed by atoms with Crippen molar-refractivity contribution in [3.05, 3.63) is 29.8 Å². The first-order valence-electron chi connectivity index (χ1n) is 9.57. The largest absolute Gasteiger partial charge is 0.381 e. The molecule has 28 heavy (non-hydrogen) atoms. The summed E-state index contributed by atoms with van der Waals surface area (Å²) in [6.07, 6.45) is 1.31. The van der Waals surface area contributed by atoms with Crippen LogP contribution in [0.15, 0.2) is 24.3 Å². The number of carbonyl (C=O) groups excluding carboxylic acids is 2. The summed E-state index contributed by atoms with van der Waals surface area (Å²) in [6, 6.07) is 7.04. The fourth-order valence-electron chi connectivity index (χ4n) is 3.77. The predicted molar refractivity (Wildman–Crippen MR) is 110 cm³/mol. The van der Waals surface area contributed by atoms with Gasteiger partial charge in [-0.1, -0.05) is 0 Å². The molecule has 8 heteroatoms. The van der Waals surface area contributed by atoms with E-state index in [0.717, 1.165) is 0 Å². The number of ether oxygens (including phenoxy) is 2. The Kier molecular flexibility index (Phi) is 7.83. The van der Waals surface area contributed by atoms with Crippen LogP contribution < -0.4 is 11.1 Å². The Morgan fingerprint density at radius 3 is 2.25 bits per heavy atom. The molecule has 2 amide bonds. The van der Waals surface area contributed by atoms with Gasteiger partial charge in [-0.2, -0.15) is 0 Å². The van der Waals surface area contributed by atoms with E-state index in [1.165, 1.54) is 0 Å². The Balaban J connectivity index is 0.00000280. The molecule has 2 saturated heterocycles. The maximum atomic E-state index is 12.7. The molecule has 2 aliphatic rings. The van der Waals surface area contributed by atoms with Crippen LogP contribution in [0.4, 0.5) is 5.69 Å². The number of hydrogen-bond donors (Lipinski definition) is 2. The van der Waals surface area contributed by atoms with Crippen LogP contribution in [0.5, 0.6) is 0 Å². The van der Waals surface area contributed by atoms with Crippen molar-refractivity contribution in [1.29, 1.82) is 0 Å². The third-order valence-corrected chi connectivity index (χ3v) is 5.42. The lowest BCUT2D eigenvalue weighted by molar-refractivity contribution is -0.130. The molecule has 156 valence electrons. The van der Waals surface area contributed by atoms with E-state index in [0.29, 0.717) is 56.9 Å². The molecule has 0 aliphatic carbocycles. The highest BCUT2D eigenvalue weighted by molar-refractivity contribution is 5.97. The zero-order valence-electron chi connectivity index (χ0n) is 16.5. The molecule has 2 heterocycles. The predicted octanol–water partition coefficient (Wildman–Crippen LogP) is 2.05. The fourth-order valence-corrected chi connectivity index (χ4v) is 3.77. The topological polar surface area (TPSA) is 93.9 Å². The van der Waals surface area contributed by atoms with Crippen molar-refractivity contribution in [2.24, 2.45) is 11.1 Å². The number of carbonyl (C=O) groups is 2. The van der Waals surface area contributed by atoms with Gasteiger partial charge in [0.1, 0.15) is 0 Å². The lowest BCUT2D eigenvalue weighted by Gasteiger charge is -2.35. The Hall–Kier alpha value is -1.67. The van der Waals surface area contributed by atoms with E-state index in [2.05, 4.69) is 5.32 Å². The first-order valence-corrected chi connectivity index (χ1v) is 9.57. The van der Waals surface area contributed by atoms with E-state index in [-0.39, 0.29) is 36.4 Å². The number of benzene rings is 1. The second kappa shape index (κ2) is 9.69. The zero-order valence-corrected chi connectivity index (χ0v) is 17.3. The average molecular weight is 412 g/mol. The van der Waals surface area contributed by atoms with Gasteiger partial charge < -0.3 is 25.4 Å². The molecule has 2 unspecified atom stereocenters. The van der Waals surface area contributed by atoms with E-state index in [1.54, 1.807) is 24.3 Å². The van der Waals surface area contributed by atoms with Crippen molar-refractivity contribution < 1.29 is 19.1 Å². The molecule has 3 rings (SSSR count). The molecule has 0 radical (unpaired) electrons. The molecule has 2 aliphatic heterocycles. The van der Waals surface area contributed by atoms with Crippen LogP contribution in [0, 0.1) is 5.41 Å². The Labute approximate surface area is 172 Å². The molecule has 3 N–H and O–H groups in total. The van der Waals surface area contributed by atoms with Crippen molar-refractivity contribution in [3.8, 4) is 0 Å². The summed E-state index contributed by atoms with van der Waals surface area (Å²) >= 11 is 0. The van der Waals surface area contributed by atoms with Crippen LogP contribution in [0.25, 0.3) is 0 Å². The highest BCUT2D eigenvalue weighted by Gasteiger charge is 2.38. The highest BCUT2D eigenvalue weighted by Crippen LogP contribution is 2.31. The minimum absolute atomic E-state index is 0. The molecule has 7 nitrogen and oxygen atoms in total. The lowest BCUT2D eigenvalue weighted by Crippen LogP contribution is -2.48. The van der Waals surface area contributed by atoms with Crippen molar-refractivity contribution in [2.45, 2.75) is 38.9 Å². The van der Waals surface area contributed by atoms with Gasteiger partial charge in [-0.05, 0) is 51.0 Å². The molecule has 1 aromatic rings. The summed E-state index contributed by atoms with van der Waals surface area (Å²) in [5.74, 6) is -0.0964. The second-order valence-electron chi connectivity index (χ2n) is 7.60. The monoisotopic (exact) mass is 411 g/mol. The molecular formula is C20H30ClN3O4. The van der Waals surface area contributed by atoms with Gasteiger partial charge in [0.25, 0.3) is 5.91 Å². The number of morpholine rings is 1. The number of amides is 2. The van der Waals surface area contributed by atoms with Gasteiger partial charge in [0.05, 0.1) is 17.6 Å². The van der Waals surface area contributed by atoms with Crippen LogP contribution in [-0.4, -0.2) is 61.8 Å². The molecule has 0 bridgehead atoms. The smallest absolute Gasteiger partial charge is 0.254 e. The number of nitrogens with one attached hydrogen (secondary N) is 1. The Morgan fingerprint density at radius 2 is 1.71 bits per heavy atom. The summed E-state index contributed by atoms with van der Waals surface area (Å²) in [4.78, 5) is 27.3. The minimum atomic E-state index is -0.577. The Morgan fingerprint density at radius 1 is 1.14 bits per heavy atom. The normalized spacial score (nSPS) is 24.2. The first-order chi connectivity index (χ1) is 12.9. The lowest BCUT2D eigenvalue weighted by atomic mass is 9.79. The number of nitrogens with two attached hydrogens (primary N) is 1. The van der Waals surface area contributed by atoms with Gasteiger partial charge in [0.2, 0.25) is 5.91 Å².